The van der Waals surface area contributed by atoms with Crippen molar-refractivity contribution in [2.45, 2.75) is 53.6 Å². The van der Waals surface area contributed by atoms with Crippen LogP contribution in [-0.4, -0.2) is 34.0 Å². The molecule has 1 N–H and O–H groups in total. The summed E-state index contributed by atoms with van der Waals surface area (Å²) in [4.78, 5) is 9.21. The van der Waals surface area contributed by atoms with Gasteiger partial charge in [-0.05, 0) is 51.0 Å². The Balaban J connectivity index is 1.74. The molecule has 7 heteroatoms. The minimum Gasteiger partial charge on any atom is -0.493 e. The Morgan fingerprint density at radius 2 is 1.73 bits per heavy atom. The highest BCUT2D eigenvalue weighted by Crippen LogP contribution is 2.28. The van der Waals surface area contributed by atoms with Gasteiger partial charge in [-0.15, -0.1) is 0 Å². The van der Waals surface area contributed by atoms with E-state index in [4.69, 9.17) is 9.47 Å². The van der Waals surface area contributed by atoms with Crippen molar-refractivity contribution in [3.8, 4) is 11.5 Å². The lowest BCUT2D eigenvalue weighted by Gasteiger charge is -2.15. The molecule has 3 rings (SSSR count). The van der Waals surface area contributed by atoms with Crippen LogP contribution in [0.3, 0.4) is 0 Å². The van der Waals surface area contributed by atoms with E-state index in [1.54, 1.807) is 14.2 Å². The Hall–Kier alpha value is -3.09. The molecule has 0 aliphatic carbocycles. The number of ether oxygens (including phenoxy) is 2. The Morgan fingerprint density at radius 1 is 1.00 bits per heavy atom. The van der Waals surface area contributed by atoms with Crippen molar-refractivity contribution in [1.82, 2.24) is 19.7 Å². The zero-order chi connectivity index (χ0) is 21.8. The van der Waals surface area contributed by atoms with Gasteiger partial charge in [-0.2, -0.15) is 5.10 Å². The van der Waals surface area contributed by atoms with Crippen molar-refractivity contribution in [2.75, 3.05) is 19.5 Å². The molecule has 0 bridgehead atoms. The van der Waals surface area contributed by atoms with Crippen molar-refractivity contribution in [3.05, 3.63) is 58.3 Å². The van der Waals surface area contributed by atoms with Crippen LogP contribution in [0.1, 0.15) is 46.9 Å². The molecular weight excluding hydrogens is 378 g/mol. The van der Waals surface area contributed by atoms with Crippen LogP contribution < -0.4 is 14.8 Å². The largest absolute Gasteiger partial charge is 0.493 e. The van der Waals surface area contributed by atoms with Crippen LogP contribution in [0.2, 0.25) is 0 Å². The molecule has 1 unspecified atom stereocenters. The summed E-state index contributed by atoms with van der Waals surface area (Å²) in [6, 6.07) is 7.91. The van der Waals surface area contributed by atoms with Gasteiger partial charge in [-0.25, -0.2) is 9.97 Å². The fourth-order valence-corrected chi connectivity index (χ4v) is 3.43. The number of hydrogen-bond donors (Lipinski definition) is 1. The third kappa shape index (κ3) is 4.72. The Kier molecular flexibility index (Phi) is 6.59. The first kappa shape index (κ1) is 21.6. The summed E-state index contributed by atoms with van der Waals surface area (Å²) in [5.41, 5.74) is 5.62. The number of aromatic nitrogens is 4. The van der Waals surface area contributed by atoms with Gasteiger partial charge >= 0.3 is 0 Å². The second kappa shape index (κ2) is 9.15. The molecule has 0 aliphatic heterocycles. The molecular formula is C23H31N5O2. The Morgan fingerprint density at radius 3 is 2.37 bits per heavy atom. The second-order valence-corrected chi connectivity index (χ2v) is 7.65. The van der Waals surface area contributed by atoms with Crippen molar-refractivity contribution < 1.29 is 9.47 Å². The van der Waals surface area contributed by atoms with Crippen molar-refractivity contribution in [1.29, 1.82) is 0 Å². The maximum absolute atomic E-state index is 5.39. The number of rotatable bonds is 8. The van der Waals surface area contributed by atoms with E-state index >= 15 is 0 Å². The van der Waals surface area contributed by atoms with Gasteiger partial charge in [-0.3, -0.25) is 4.68 Å². The highest BCUT2D eigenvalue weighted by molar-refractivity contribution is 5.45. The maximum atomic E-state index is 5.39. The van der Waals surface area contributed by atoms with Crippen molar-refractivity contribution in [3.63, 3.8) is 0 Å². The molecule has 0 fully saturated rings. The van der Waals surface area contributed by atoms with Gasteiger partial charge in [0.2, 0.25) is 0 Å². The van der Waals surface area contributed by atoms with Crippen LogP contribution in [-0.2, 0) is 13.1 Å². The molecule has 1 atom stereocenters. The third-order valence-electron chi connectivity index (χ3n) is 5.47. The quantitative estimate of drug-likeness (QED) is 0.597. The SMILES string of the molecule is COc1ccc(CNc2cc(C(C)Cn3nc(C)c(C)c3C)nc(C)n2)cc1OC. The van der Waals surface area contributed by atoms with E-state index < -0.39 is 0 Å². The standard InChI is InChI=1S/C23H31N5O2/c1-14(13-28-17(4)15(2)16(3)27-28)20-11-23(26-18(5)25-20)24-12-19-8-9-21(29-6)22(10-19)30-7/h8-11,14H,12-13H2,1-7H3,(H,24,25,26). The maximum Gasteiger partial charge on any atom is 0.161 e. The van der Waals surface area contributed by atoms with E-state index in [2.05, 4.69) is 52.8 Å². The van der Waals surface area contributed by atoms with E-state index in [9.17, 15) is 0 Å². The summed E-state index contributed by atoms with van der Waals surface area (Å²) in [6.45, 7) is 11.8. The number of hydrogen-bond acceptors (Lipinski definition) is 6. The smallest absolute Gasteiger partial charge is 0.161 e. The highest BCUT2D eigenvalue weighted by Gasteiger charge is 2.15. The average molecular weight is 410 g/mol. The molecule has 0 amide bonds. The summed E-state index contributed by atoms with van der Waals surface area (Å²) < 4.78 is 12.8. The number of methoxy groups -OCH3 is 2. The molecule has 2 aromatic heterocycles. The van der Waals surface area contributed by atoms with Gasteiger partial charge in [0.15, 0.2) is 11.5 Å². The predicted molar refractivity (Wildman–Crippen MR) is 118 cm³/mol. The number of benzene rings is 1. The number of nitrogens with one attached hydrogen (secondary N) is 1. The van der Waals surface area contributed by atoms with Crippen LogP contribution in [0.5, 0.6) is 11.5 Å². The number of nitrogens with zero attached hydrogens (tertiary/aromatic N) is 4. The summed E-state index contributed by atoms with van der Waals surface area (Å²) in [7, 11) is 3.27. The van der Waals surface area contributed by atoms with Gasteiger partial charge in [0.25, 0.3) is 0 Å². The van der Waals surface area contributed by atoms with Crippen LogP contribution in [0.15, 0.2) is 24.3 Å². The molecule has 160 valence electrons. The lowest BCUT2D eigenvalue weighted by molar-refractivity contribution is 0.354. The summed E-state index contributed by atoms with van der Waals surface area (Å²) in [5.74, 6) is 3.20. The van der Waals surface area contributed by atoms with Gasteiger partial charge in [0.05, 0.1) is 25.6 Å². The van der Waals surface area contributed by atoms with E-state index in [0.717, 1.165) is 40.9 Å². The lowest BCUT2D eigenvalue weighted by atomic mass is 10.1. The van der Waals surface area contributed by atoms with Crippen LogP contribution in [0.25, 0.3) is 0 Å². The van der Waals surface area contributed by atoms with Gasteiger partial charge in [0.1, 0.15) is 11.6 Å². The van der Waals surface area contributed by atoms with Crippen molar-refractivity contribution >= 4 is 5.82 Å². The molecule has 0 spiro atoms. The second-order valence-electron chi connectivity index (χ2n) is 7.65. The van der Waals surface area contributed by atoms with E-state index in [1.807, 2.05) is 31.2 Å². The monoisotopic (exact) mass is 409 g/mol. The Labute approximate surface area is 178 Å². The first-order valence-electron chi connectivity index (χ1n) is 10.1. The summed E-state index contributed by atoms with van der Waals surface area (Å²) in [5, 5.41) is 8.07. The fourth-order valence-electron chi connectivity index (χ4n) is 3.43. The zero-order valence-corrected chi connectivity index (χ0v) is 18.9. The topological polar surface area (TPSA) is 74.1 Å². The van der Waals surface area contributed by atoms with Crippen molar-refractivity contribution in [2.24, 2.45) is 0 Å². The molecule has 0 saturated carbocycles. The summed E-state index contributed by atoms with van der Waals surface area (Å²) >= 11 is 0. The fraction of sp³-hybridized carbons (Fsp3) is 0.435. The first-order chi connectivity index (χ1) is 14.3. The van der Waals surface area contributed by atoms with E-state index in [-0.39, 0.29) is 5.92 Å². The van der Waals surface area contributed by atoms with Crippen LogP contribution in [0, 0.1) is 27.7 Å². The normalized spacial score (nSPS) is 12.0. The number of aryl methyl sites for hydroxylation is 2. The van der Waals surface area contributed by atoms with Gasteiger partial charge in [0, 0.05) is 30.8 Å². The van der Waals surface area contributed by atoms with Gasteiger partial charge < -0.3 is 14.8 Å². The minimum absolute atomic E-state index is 0.214. The third-order valence-corrected chi connectivity index (χ3v) is 5.47. The molecule has 0 aliphatic rings. The minimum atomic E-state index is 0.214. The molecule has 3 aromatic rings. The van der Waals surface area contributed by atoms with E-state index in [0.29, 0.717) is 12.3 Å². The van der Waals surface area contributed by atoms with Gasteiger partial charge in [-0.1, -0.05) is 13.0 Å². The van der Waals surface area contributed by atoms with Crippen LogP contribution in [0.4, 0.5) is 5.82 Å². The van der Waals surface area contributed by atoms with E-state index in [1.165, 1.54) is 11.3 Å². The van der Waals surface area contributed by atoms with Crippen LogP contribution >= 0.6 is 0 Å². The zero-order valence-electron chi connectivity index (χ0n) is 18.9. The molecule has 7 nitrogen and oxygen atoms in total. The molecule has 0 saturated heterocycles. The lowest BCUT2D eigenvalue weighted by Crippen LogP contribution is -2.13. The highest BCUT2D eigenvalue weighted by atomic mass is 16.5. The summed E-state index contributed by atoms with van der Waals surface area (Å²) in [6.07, 6.45) is 0. The molecule has 1 aromatic carbocycles. The predicted octanol–water partition coefficient (Wildman–Crippen LogP) is 4.34. The molecule has 0 radical (unpaired) electrons. The average Bonchev–Trinajstić information content (AvgIpc) is 2.98. The Bertz CT molecular complexity index is 1030. The molecule has 30 heavy (non-hydrogen) atoms. The molecule has 2 heterocycles. The number of anilines is 1. The first-order valence-corrected chi connectivity index (χ1v) is 10.1.